The quantitative estimate of drug-likeness (QED) is 0.409. The Labute approximate surface area is 75.7 Å². The number of carbonyl (C=O) groups is 1. The van der Waals surface area contributed by atoms with Gasteiger partial charge in [-0.1, -0.05) is 0 Å². The van der Waals surface area contributed by atoms with E-state index < -0.39 is 0 Å². The first-order chi connectivity index (χ1) is 5.06. The molecule has 0 atom stereocenters. The largest absolute Gasteiger partial charge is 0.383 e. The molecule has 0 aliphatic rings. The van der Waals surface area contributed by atoms with E-state index in [1.807, 2.05) is 32.1 Å². The van der Waals surface area contributed by atoms with E-state index >= 15 is 0 Å². The molecule has 0 saturated carbocycles. The number of hydrogen-bond acceptors (Lipinski definition) is 2. The van der Waals surface area contributed by atoms with Crippen LogP contribution in [0.5, 0.6) is 0 Å². The highest BCUT2D eigenvalue weighted by molar-refractivity contribution is 9.12. The van der Waals surface area contributed by atoms with Crippen molar-refractivity contribution in [2.24, 2.45) is 0 Å². The molecule has 0 saturated heterocycles. The fourth-order valence-corrected chi connectivity index (χ4v) is 1.06. The summed E-state index contributed by atoms with van der Waals surface area (Å²) in [5.41, 5.74) is 1.04. The van der Waals surface area contributed by atoms with Gasteiger partial charge in [0.15, 0.2) is 6.29 Å². The minimum absolute atomic E-state index is 0.563. The third-order valence-corrected chi connectivity index (χ3v) is 1.36. The summed E-state index contributed by atoms with van der Waals surface area (Å²) in [5.74, 6) is 0. The van der Waals surface area contributed by atoms with Crippen molar-refractivity contribution in [1.29, 1.82) is 0 Å². The minimum atomic E-state index is 0.563. The van der Waals surface area contributed by atoms with Gasteiger partial charge in [0, 0.05) is 20.3 Å². The SMILES string of the molecule is CC(=C/N(C)C)/C=C(/Br)C=O. The van der Waals surface area contributed by atoms with E-state index in [1.54, 1.807) is 6.08 Å². The summed E-state index contributed by atoms with van der Waals surface area (Å²) in [6.07, 6.45) is 4.48. The van der Waals surface area contributed by atoms with Gasteiger partial charge in [0.05, 0.1) is 4.48 Å². The maximum atomic E-state index is 10.2. The number of rotatable bonds is 3. The van der Waals surface area contributed by atoms with Gasteiger partial charge in [-0.2, -0.15) is 0 Å². The van der Waals surface area contributed by atoms with Gasteiger partial charge in [0.25, 0.3) is 0 Å². The summed E-state index contributed by atoms with van der Waals surface area (Å²) in [4.78, 5) is 12.1. The lowest BCUT2D eigenvalue weighted by Crippen LogP contribution is -2.01. The second-order valence-corrected chi connectivity index (χ2v) is 3.40. The summed E-state index contributed by atoms with van der Waals surface area (Å²) >= 11 is 3.10. The van der Waals surface area contributed by atoms with Crippen molar-refractivity contribution in [3.8, 4) is 0 Å². The Morgan fingerprint density at radius 1 is 1.45 bits per heavy atom. The topological polar surface area (TPSA) is 20.3 Å². The van der Waals surface area contributed by atoms with Crippen LogP contribution in [-0.4, -0.2) is 25.3 Å². The minimum Gasteiger partial charge on any atom is -0.383 e. The average Bonchev–Trinajstić information content (AvgIpc) is 1.85. The zero-order valence-corrected chi connectivity index (χ0v) is 8.55. The van der Waals surface area contributed by atoms with Crippen molar-refractivity contribution in [3.63, 3.8) is 0 Å². The molecule has 0 spiro atoms. The monoisotopic (exact) mass is 217 g/mol. The summed E-state index contributed by atoms with van der Waals surface area (Å²) < 4.78 is 0.563. The second kappa shape index (κ2) is 5.13. The Morgan fingerprint density at radius 2 is 2.00 bits per heavy atom. The van der Waals surface area contributed by atoms with Crippen molar-refractivity contribution < 1.29 is 4.79 Å². The summed E-state index contributed by atoms with van der Waals surface area (Å²) in [5, 5.41) is 0. The molecule has 0 aromatic carbocycles. The molecule has 0 bridgehead atoms. The second-order valence-electron chi connectivity index (χ2n) is 2.48. The Balaban J connectivity index is 4.26. The van der Waals surface area contributed by atoms with Gasteiger partial charge in [0.1, 0.15) is 0 Å². The normalized spacial score (nSPS) is 13.1. The van der Waals surface area contributed by atoms with Crippen LogP contribution in [0.2, 0.25) is 0 Å². The van der Waals surface area contributed by atoms with E-state index in [0.717, 1.165) is 11.9 Å². The molecule has 0 aromatic heterocycles. The molecule has 3 heteroatoms. The van der Waals surface area contributed by atoms with Crippen molar-refractivity contribution in [2.45, 2.75) is 6.92 Å². The number of allylic oxidation sites excluding steroid dienone is 3. The van der Waals surface area contributed by atoms with Crippen LogP contribution >= 0.6 is 15.9 Å². The highest BCUT2D eigenvalue weighted by Gasteiger charge is 1.88. The van der Waals surface area contributed by atoms with E-state index in [-0.39, 0.29) is 0 Å². The van der Waals surface area contributed by atoms with Gasteiger partial charge in [-0.05, 0) is 34.5 Å². The van der Waals surface area contributed by atoms with Crippen LogP contribution in [0.1, 0.15) is 6.92 Å². The Kier molecular flexibility index (Phi) is 4.86. The third-order valence-electron chi connectivity index (χ3n) is 0.940. The summed E-state index contributed by atoms with van der Waals surface area (Å²) in [7, 11) is 3.87. The van der Waals surface area contributed by atoms with Crippen molar-refractivity contribution >= 4 is 22.2 Å². The molecule has 0 aliphatic heterocycles. The van der Waals surface area contributed by atoms with Crippen LogP contribution in [0, 0.1) is 0 Å². The zero-order chi connectivity index (χ0) is 8.85. The Hall–Kier alpha value is -0.570. The van der Waals surface area contributed by atoms with Gasteiger partial charge in [0.2, 0.25) is 0 Å². The van der Waals surface area contributed by atoms with Crippen LogP contribution in [0.15, 0.2) is 22.3 Å². The molecular weight excluding hydrogens is 206 g/mol. The molecule has 0 radical (unpaired) electrons. The fraction of sp³-hybridized carbons (Fsp3) is 0.375. The Bertz CT molecular complexity index is 194. The smallest absolute Gasteiger partial charge is 0.157 e. The highest BCUT2D eigenvalue weighted by Crippen LogP contribution is 2.05. The lowest BCUT2D eigenvalue weighted by molar-refractivity contribution is -0.104. The van der Waals surface area contributed by atoms with Gasteiger partial charge < -0.3 is 4.90 Å². The standard InChI is InChI=1S/C8H12BrNO/c1-7(5-10(2)3)4-8(9)6-11/h4-6H,1-3H3/b7-5-,8-4+. The predicted octanol–water partition coefficient (Wildman–Crippen LogP) is 1.93. The first kappa shape index (κ1) is 10.4. The lowest BCUT2D eigenvalue weighted by atomic mass is 10.3. The molecule has 0 N–H and O–H groups in total. The van der Waals surface area contributed by atoms with E-state index in [1.165, 1.54) is 0 Å². The van der Waals surface area contributed by atoms with Gasteiger partial charge in [-0.25, -0.2) is 0 Å². The van der Waals surface area contributed by atoms with Crippen LogP contribution in [0.3, 0.4) is 0 Å². The fourth-order valence-electron chi connectivity index (χ4n) is 0.696. The molecule has 0 heterocycles. The molecule has 2 nitrogen and oxygen atoms in total. The molecular formula is C8H12BrNO. The number of hydrogen-bond donors (Lipinski definition) is 0. The van der Waals surface area contributed by atoms with E-state index in [2.05, 4.69) is 15.9 Å². The molecule has 11 heavy (non-hydrogen) atoms. The Morgan fingerprint density at radius 3 is 2.36 bits per heavy atom. The zero-order valence-electron chi connectivity index (χ0n) is 6.97. The molecule has 0 aromatic rings. The highest BCUT2D eigenvalue weighted by atomic mass is 79.9. The summed E-state index contributed by atoms with van der Waals surface area (Å²) in [6, 6.07) is 0. The average molecular weight is 218 g/mol. The van der Waals surface area contributed by atoms with Gasteiger partial charge in [-0.3, -0.25) is 4.79 Å². The van der Waals surface area contributed by atoms with Crippen LogP contribution in [0.4, 0.5) is 0 Å². The number of carbonyl (C=O) groups excluding carboxylic acids is 1. The van der Waals surface area contributed by atoms with E-state index in [0.29, 0.717) is 4.48 Å². The predicted molar refractivity (Wildman–Crippen MR) is 50.5 cm³/mol. The molecule has 0 unspecified atom stereocenters. The molecule has 0 aliphatic carbocycles. The van der Waals surface area contributed by atoms with Crippen molar-refractivity contribution in [3.05, 3.63) is 22.3 Å². The van der Waals surface area contributed by atoms with Gasteiger partial charge in [-0.15, -0.1) is 0 Å². The molecule has 0 fully saturated rings. The third kappa shape index (κ3) is 5.85. The first-order valence-corrected chi connectivity index (χ1v) is 4.03. The summed E-state index contributed by atoms with van der Waals surface area (Å²) in [6.45, 7) is 1.94. The van der Waals surface area contributed by atoms with Crippen LogP contribution < -0.4 is 0 Å². The van der Waals surface area contributed by atoms with E-state index in [9.17, 15) is 4.79 Å². The van der Waals surface area contributed by atoms with Crippen LogP contribution in [0.25, 0.3) is 0 Å². The molecule has 0 amide bonds. The van der Waals surface area contributed by atoms with Crippen molar-refractivity contribution in [2.75, 3.05) is 14.1 Å². The first-order valence-electron chi connectivity index (χ1n) is 3.23. The number of nitrogens with zero attached hydrogens (tertiary/aromatic N) is 1. The number of aldehydes is 1. The maximum Gasteiger partial charge on any atom is 0.157 e. The van der Waals surface area contributed by atoms with Gasteiger partial charge >= 0.3 is 0 Å². The number of halogens is 1. The van der Waals surface area contributed by atoms with Crippen LogP contribution in [-0.2, 0) is 4.79 Å². The van der Waals surface area contributed by atoms with Crippen molar-refractivity contribution in [1.82, 2.24) is 4.90 Å². The molecule has 62 valence electrons. The molecule has 0 rings (SSSR count). The maximum absolute atomic E-state index is 10.2. The lowest BCUT2D eigenvalue weighted by Gasteiger charge is -2.04. The van der Waals surface area contributed by atoms with E-state index in [4.69, 9.17) is 0 Å².